The van der Waals surface area contributed by atoms with E-state index in [0.29, 0.717) is 0 Å². The highest BCUT2D eigenvalue weighted by Crippen LogP contribution is 2.62. The van der Waals surface area contributed by atoms with E-state index < -0.39 is 5.41 Å². The third kappa shape index (κ3) is 5.31. The van der Waals surface area contributed by atoms with Gasteiger partial charge in [0.15, 0.2) is 0 Å². The SMILES string of the molecule is c1ccc(-c2ccc3c4c(cccc24)C2(c4ccccc4-c4cccc5cccc2c45)c2cc(N(c4ccc5ccccc5c4)c4ccc5c6ccccc6n(-c6ccccc6)c5c4)ccc2-3)cc1. The summed E-state index contributed by atoms with van der Waals surface area (Å²) < 4.78 is 2.42. The van der Waals surface area contributed by atoms with E-state index >= 15 is 0 Å². The molecule has 0 bridgehead atoms. The Morgan fingerprint density at radius 2 is 0.841 bits per heavy atom. The lowest BCUT2D eigenvalue weighted by Crippen LogP contribution is -2.36. The first-order chi connectivity index (χ1) is 34.2. The van der Waals surface area contributed by atoms with Gasteiger partial charge in [-0.25, -0.2) is 0 Å². The van der Waals surface area contributed by atoms with Gasteiger partial charge in [-0.3, -0.25) is 0 Å². The van der Waals surface area contributed by atoms with Crippen LogP contribution in [0.5, 0.6) is 0 Å². The van der Waals surface area contributed by atoms with Crippen LogP contribution in [0, 0.1) is 0 Å². The maximum absolute atomic E-state index is 2.54. The number of rotatable bonds is 5. The van der Waals surface area contributed by atoms with Gasteiger partial charge >= 0.3 is 0 Å². The van der Waals surface area contributed by atoms with Gasteiger partial charge in [0.1, 0.15) is 0 Å². The molecule has 1 heterocycles. The van der Waals surface area contributed by atoms with Gasteiger partial charge in [0.05, 0.1) is 16.4 Å². The Morgan fingerprint density at radius 3 is 1.72 bits per heavy atom. The molecule has 320 valence electrons. The summed E-state index contributed by atoms with van der Waals surface area (Å²) in [5.41, 5.74) is 18.9. The van der Waals surface area contributed by atoms with Crippen molar-refractivity contribution in [3.05, 3.63) is 277 Å². The van der Waals surface area contributed by atoms with Crippen LogP contribution in [0.1, 0.15) is 22.3 Å². The second-order valence-corrected chi connectivity index (χ2v) is 18.7. The summed E-state index contributed by atoms with van der Waals surface area (Å²) in [6.07, 6.45) is 0. The average molecular weight is 875 g/mol. The Hall–Kier alpha value is -8.98. The first-order valence-corrected chi connectivity index (χ1v) is 24.0. The van der Waals surface area contributed by atoms with Crippen LogP contribution >= 0.6 is 0 Å². The number of fused-ring (bicyclic) bond motifs is 12. The second kappa shape index (κ2) is 14.5. The van der Waals surface area contributed by atoms with E-state index in [9.17, 15) is 0 Å². The number of para-hydroxylation sites is 2. The minimum atomic E-state index is -0.656. The first kappa shape index (κ1) is 38.2. The van der Waals surface area contributed by atoms with Crippen molar-refractivity contribution in [3.63, 3.8) is 0 Å². The number of anilines is 3. The van der Waals surface area contributed by atoms with Crippen molar-refractivity contribution in [3.8, 4) is 39.1 Å². The predicted octanol–water partition coefficient (Wildman–Crippen LogP) is 17.7. The maximum atomic E-state index is 2.54. The molecule has 2 aliphatic carbocycles. The van der Waals surface area contributed by atoms with Crippen molar-refractivity contribution < 1.29 is 0 Å². The number of hydrogen-bond acceptors (Lipinski definition) is 1. The summed E-state index contributed by atoms with van der Waals surface area (Å²) in [7, 11) is 0. The van der Waals surface area contributed by atoms with Crippen LogP contribution < -0.4 is 4.90 Å². The summed E-state index contributed by atoms with van der Waals surface area (Å²) in [6, 6.07) is 95.3. The summed E-state index contributed by atoms with van der Waals surface area (Å²) in [6.45, 7) is 0. The standard InChI is InChI=1S/C67H42N2/c1-3-17-44(18-4-1)51-38-39-58-53-36-34-49(41-62(53)67(61-30-15-27-56(51)66(58)61)59-28-11-9-24-52(59)57-26-13-20-45-21-14-29-60(67)65(45)57)68(48-33-32-43-16-7-8-19-46(43)40-48)50-35-37-55-54-25-10-12-31-63(54)69(64(55)42-50)47-22-5-2-6-23-47/h1-42H. The molecule has 0 N–H and O–H groups in total. The van der Waals surface area contributed by atoms with Crippen LogP contribution in [0.15, 0.2) is 255 Å². The molecule has 0 saturated carbocycles. The van der Waals surface area contributed by atoms with Crippen molar-refractivity contribution in [2.75, 3.05) is 4.90 Å². The molecule has 1 spiro atoms. The Bertz CT molecular complexity index is 4250. The van der Waals surface area contributed by atoms with Crippen molar-refractivity contribution in [2.24, 2.45) is 0 Å². The van der Waals surface area contributed by atoms with Crippen molar-refractivity contribution in [2.45, 2.75) is 5.41 Å². The monoisotopic (exact) mass is 874 g/mol. The minimum Gasteiger partial charge on any atom is -0.310 e. The summed E-state index contributed by atoms with van der Waals surface area (Å²) in [4.78, 5) is 2.49. The first-order valence-electron chi connectivity index (χ1n) is 24.0. The van der Waals surface area contributed by atoms with Crippen LogP contribution in [-0.4, -0.2) is 4.57 Å². The zero-order valence-electron chi connectivity index (χ0n) is 37.6. The third-order valence-electron chi connectivity index (χ3n) is 15.3. The summed E-state index contributed by atoms with van der Waals surface area (Å²) >= 11 is 0. The molecule has 2 aliphatic rings. The molecular formula is C67H42N2. The Balaban J connectivity index is 1.07. The number of benzene rings is 12. The zero-order valence-corrected chi connectivity index (χ0v) is 37.6. The molecule has 1 unspecified atom stereocenters. The van der Waals surface area contributed by atoms with Gasteiger partial charge in [-0.2, -0.15) is 0 Å². The van der Waals surface area contributed by atoms with E-state index in [1.165, 1.54) is 110 Å². The van der Waals surface area contributed by atoms with E-state index in [1.807, 2.05) is 0 Å². The lowest BCUT2D eigenvalue weighted by Gasteiger charge is -2.46. The molecule has 69 heavy (non-hydrogen) atoms. The number of nitrogens with zero attached hydrogens (tertiary/aromatic N) is 2. The Morgan fingerprint density at radius 1 is 0.290 bits per heavy atom. The van der Waals surface area contributed by atoms with Crippen LogP contribution in [0.3, 0.4) is 0 Å². The fraction of sp³-hybridized carbons (Fsp3) is 0.0149. The minimum absolute atomic E-state index is 0.656. The molecule has 0 saturated heterocycles. The summed E-state index contributed by atoms with van der Waals surface area (Å²) in [5.74, 6) is 0. The van der Waals surface area contributed by atoms with Crippen LogP contribution in [-0.2, 0) is 5.41 Å². The van der Waals surface area contributed by atoms with E-state index in [-0.39, 0.29) is 0 Å². The maximum Gasteiger partial charge on any atom is 0.0726 e. The molecule has 1 aromatic heterocycles. The van der Waals surface area contributed by atoms with Gasteiger partial charge < -0.3 is 9.47 Å². The zero-order chi connectivity index (χ0) is 45.2. The topological polar surface area (TPSA) is 8.17 Å². The van der Waals surface area contributed by atoms with Gasteiger partial charge in [0.2, 0.25) is 0 Å². The highest BCUT2D eigenvalue weighted by molar-refractivity contribution is 6.15. The van der Waals surface area contributed by atoms with E-state index in [2.05, 4.69) is 264 Å². The molecule has 2 nitrogen and oxygen atoms in total. The lowest BCUT2D eigenvalue weighted by molar-refractivity contribution is 0.754. The van der Waals surface area contributed by atoms with Gasteiger partial charge in [-0.05, 0) is 143 Å². The molecular weight excluding hydrogens is 833 g/mol. The van der Waals surface area contributed by atoms with Crippen LogP contribution in [0.25, 0.3) is 93.2 Å². The predicted molar refractivity (Wildman–Crippen MR) is 290 cm³/mol. The van der Waals surface area contributed by atoms with Crippen LogP contribution in [0.4, 0.5) is 17.1 Å². The van der Waals surface area contributed by atoms with Gasteiger partial charge in [-0.15, -0.1) is 0 Å². The number of hydrogen-bond donors (Lipinski definition) is 0. The van der Waals surface area contributed by atoms with Crippen molar-refractivity contribution in [1.82, 2.24) is 4.57 Å². The van der Waals surface area contributed by atoms with E-state index in [4.69, 9.17) is 0 Å². The molecule has 0 aliphatic heterocycles. The van der Waals surface area contributed by atoms with E-state index in [0.717, 1.165) is 22.7 Å². The molecule has 1 atom stereocenters. The molecule has 12 aromatic carbocycles. The second-order valence-electron chi connectivity index (χ2n) is 18.7. The molecule has 0 radical (unpaired) electrons. The fourth-order valence-corrected chi connectivity index (χ4v) is 12.5. The normalized spacial score (nSPS) is 14.4. The van der Waals surface area contributed by atoms with E-state index in [1.54, 1.807) is 0 Å². The summed E-state index contributed by atoms with van der Waals surface area (Å²) in [5, 5.41) is 10.1. The largest absolute Gasteiger partial charge is 0.310 e. The lowest BCUT2D eigenvalue weighted by atomic mass is 9.55. The van der Waals surface area contributed by atoms with Gasteiger partial charge in [-0.1, -0.05) is 200 Å². The van der Waals surface area contributed by atoms with Gasteiger partial charge in [0.25, 0.3) is 0 Å². The molecule has 0 amide bonds. The molecule has 15 rings (SSSR count). The number of aromatic nitrogens is 1. The Labute approximate surface area is 400 Å². The molecule has 2 heteroatoms. The highest BCUT2D eigenvalue weighted by atomic mass is 15.1. The average Bonchev–Trinajstić information content (AvgIpc) is 3.75. The molecule has 0 fully saturated rings. The fourth-order valence-electron chi connectivity index (χ4n) is 12.5. The molecule has 13 aromatic rings. The third-order valence-corrected chi connectivity index (χ3v) is 15.3. The Kier molecular flexibility index (Phi) is 8.02. The van der Waals surface area contributed by atoms with Crippen molar-refractivity contribution >= 4 is 71.2 Å². The van der Waals surface area contributed by atoms with Gasteiger partial charge in [0, 0.05) is 33.5 Å². The smallest absolute Gasteiger partial charge is 0.0726 e. The quantitative estimate of drug-likeness (QED) is 0.167. The highest BCUT2D eigenvalue weighted by Gasteiger charge is 2.49. The van der Waals surface area contributed by atoms with Crippen molar-refractivity contribution in [1.29, 1.82) is 0 Å². The van der Waals surface area contributed by atoms with Crippen LogP contribution in [0.2, 0.25) is 0 Å².